The van der Waals surface area contributed by atoms with Crippen molar-refractivity contribution in [3.63, 3.8) is 0 Å². The number of nitrogens with zero attached hydrogens (tertiary/aromatic N) is 3. The lowest BCUT2D eigenvalue weighted by atomic mass is 10.0. The molecule has 8 heteroatoms. The lowest BCUT2D eigenvalue weighted by Crippen LogP contribution is -2.14. The first-order chi connectivity index (χ1) is 15.5. The van der Waals surface area contributed by atoms with Crippen molar-refractivity contribution in [2.24, 2.45) is 9.98 Å². The van der Waals surface area contributed by atoms with Crippen molar-refractivity contribution in [3.8, 4) is 0 Å². The van der Waals surface area contributed by atoms with E-state index < -0.39 is 11.9 Å². The molecule has 2 heterocycles. The summed E-state index contributed by atoms with van der Waals surface area (Å²) in [6, 6.07) is 3.29. The Balaban J connectivity index is 2.02. The molecule has 2 aliphatic rings. The maximum atomic E-state index is 12.3. The SMILES string of the molecule is COC(=O)C1=Nc2c(c(N=C3CCCCCC3)c(N)c3ccc(C(=O)OC)nc23)C=CC1. The fourth-order valence-electron chi connectivity index (χ4n) is 4.10. The third-order valence-corrected chi connectivity index (χ3v) is 5.78. The number of carbonyl (C=O) groups excluding carboxylic acids is 2. The van der Waals surface area contributed by atoms with E-state index in [-0.39, 0.29) is 11.4 Å². The number of nitrogen functional groups attached to an aromatic ring is 1. The molecule has 4 rings (SSSR count). The minimum Gasteiger partial charge on any atom is -0.465 e. The van der Waals surface area contributed by atoms with Gasteiger partial charge in [-0.05, 0) is 37.8 Å². The number of allylic oxidation sites excluding steroid dienone is 1. The highest BCUT2D eigenvalue weighted by atomic mass is 16.5. The van der Waals surface area contributed by atoms with Crippen LogP contribution in [0.2, 0.25) is 0 Å². The first-order valence-corrected chi connectivity index (χ1v) is 10.8. The van der Waals surface area contributed by atoms with Crippen LogP contribution < -0.4 is 5.73 Å². The Morgan fingerprint density at radius 3 is 2.44 bits per heavy atom. The highest BCUT2D eigenvalue weighted by Gasteiger charge is 2.23. The summed E-state index contributed by atoms with van der Waals surface area (Å²) in [7, 11) is 2.61. The number of fused-ring (bicyclic) bond motifs is 3. The molecule has 1 aliphatic carbocycles. The van der Waals surface area contributed by atoms with Gasteiger partial charge in [0.1, 0.15) is 11.4 Å². The summed E-state index contributed by atoms with van der Waals surface area (Å²) in [4.78, 5) is 38.4. The lowest BCUT2D eigenvalue weighted by molar-refractivity contribution is -0.132. The van der Waals surface area contributed by atoms with E-state index in [1.54, 1.807) is 12.1 Å². The first kappa shape index (κ1) is 21.7. The zero-order valence-corrected chi connectivity index (χ0v) is 18.3. The molecule has 2 N–H and O–H groups in total. The van der Waals surface area contributed by atoms with Gasteiger partial charge in [-0.15, -0.1) is 0 Å². The minimum atomic E-state index is -0.566. The van der Waals surface area contributed by atoms with Crippen LogP contribution in [0.1, 0.15) is 61.0 Å². The normalized spacial score (nSPS) is 15.9. The number of carbonyl (C=O) groups is 2. The van der Waals surface area contributed by atoms with E-state index in [1.807, 2.05) is 12.2 Å². The van der Waals surface area contributed by atoms with Gasteiger partial charge >= 0.3 is 11.9 Å². The van der Waals surface area contributed by atoms with Gasteiger partial charge in [0.2, 0.25) is 0 Å². The number of rotatable bonds is 3. The summed E-state index contributed by atoms with van der Waals surface area (Å²) in [5, 5.41) is 0.618. The van der Waals surface area contributed by atoms with Crippen LogP contribution in [-0.2, 0) is 14.3 Å². The summed E-state index contributed by atoms with van der Waals surface area (Å²) in [6.07, 6.45) is 10.5. The third kappa shape index (κ3) is 4.12. The van der Waals surface area contributed by atoms with E-state index in [0.29, 0.717) is 39.9 Å². The van der Waals surface area contributed by atoms with Gasteiger partial charge < -0.3 is 15.2 Å². The van der Waals surface area contributed by atoms with Crippen LogP contribution >= 0.6 is 0 Å². The van der Waals surface area contributed by atoms with Crippen molar-refractivity contribution in [3.05, 3.63) is 29.5 Å². The van der Waals surface area contributed by atoms with E-state index in [0.717, 1.165) is 31.4 Å². The number of ether oxygens (including phenoxy) is 2. The number of hydrogen-bond acceptors (Lipinski definition) is 8. The number of hydrogen-bond donors (Lipinski definition) is 1. The molecular formula is C24H26N4O4. The Kier molecular flexibility index (Phi) is 6.30. The summed E-state index contributed by atoms with van der Waals surface area (Å²) in [5.41, 5.74) is 10.7. The molecule has 166 valence electrons. The number of pyridine rings is 1. The molecule has 32 heavy (non-hydrogen) atoms. The molecule has 0 saturated heterocycles. The molecule has 0 unspecified atom stereocenters. The van der Waals surface area contributed by atoms with Gasteiger partial charge in [0.05, 0.1) is 36.8 Å². The highest BCUT2D eigenvalue weighted by molar-refractivity contribution is 6.38. The summed E-state index contributed by atoms with van der Waals surface area (Å²) in [6.45, 7) is 0. The Bertz CT molecular complexity index is 1170. The fraction of sp³-hybridized carbons (Fsp3) is 0.375. The second-order valence-electron chi connectivity index (χ2n) is 7.86. The molecule has 0 bridgehead atoms. The summed E-state index contributed by atoms with van der Waals surface area (Å²) >= 11 is 0. The van der Waals surface area contributed by atoms with Gasteiger partial charge in [0, 0.05) is 23.1 Å². The average Bonchev–Trinajstić information content (AvgIpc) is 3.21. The predicted molar refractivity (Wildman–Crippen MR) is 125 cm³/mol. The summed E-state index contributed by atoms with van der Waals surface area (Å²) in [5.74, 6) is -1.09. The topological polar surface area (TPSA) is 116 Å². The van der Waals surface area contributed by atoms with E-state index in [2.05, 4.69) is 9.98 Å². The lowest BCUT2D eigenvalue weighted by Gasteiger charge is -2.15. The predicted octanol–water partition coefficient (Wildman–Crippen LogP) is 4.69. The van der Waals surface area contributed by atoms with E-state index in [4.69, 9.17) is 20.2 Å². The first-order valence-electron chi connectivity index (χ1n) is 10.8. The van der Waals surface area contributed by atoms with Gasteiger partial charge in [-0.1, -0.05) is 25.0 Å². The number of esters is 2. The molecule has 1 fully saturated rings. The van der Waals surface area contributed by atoms with Crippen LogP contribution in [0.3, 0.4) is 0 Å². The number of anilines is 1. The largest absolute Gasteiger partial charge is 0.465 e. The molecule has 1 aliphatic heterocycles. The van der Waals surface area contributed by atoms with E-state index >= 15 is 0 Å². The maximum absolute atomic E-state index is 12.3. The summed E-state index contributed by atoms with van der Waals surface area (Å²) < 4.78 is 9.71. The Hall–Kier alpha value is -3.55. The van der Waals surface area contributed by atoms with Crippen LogP contribution in [0.15, 0.2) is 28.2 Å². The Morgan fingerprint density at radius 2 is 1.75 bits per heavy atom. The zero-order valence-electron chi connectivity index (χ0n) is 18.3. The van der Waals surface area contributed by atoms with Crippen LogP contribution in [0.25, 0.3) is 17.0 Å². The molecule has 0 spiro atoms. The van der Waals surface area contributed by atoms with Crippen molar-refractivity contribution >= 4 is 57.4 Å². The zero-order chi connectivity index (χ0) is 22.7. The molecule has 8 nitrogen and oxygen atoms in total. The molecule has 0 amide bonds. The second-order valence-corrected chi connectivity index (χ2v) is 7.86. The quantitative estimate of drug-likeness (QED) is 0.425. The fourth-order valence-corrected chi connectivity index (χ4v) is 4.10. The number of nitrogens with two attached hydrogens (primary N) is 1. The number of methoxy groups -OCH3 is 2. The van der Waals surface area contributed by atoms with Gasteiger partial charge in [0.15, 0.2) is 0 Å². The van der Waals surface area contributed by atoms with Crippen molar-refractivity contribution in [1.29, 1.82) is 0 Å². The maximum Gasteiger partial charge on any atom is 0.356 e. The standard InChI is InChI=1S/C24H26N4O4/c1-31-23(29)17-11-7-10-16-20(26-14-8-5-3-4-6-9-14)19(25)15-12-13-18(24(30)32-2)28-21(15)22(16)27-17/h7,10,12-13H,3-6,8-9,11,25H2,1-2H3. The average molecular weight is 434 g/mol. The van der Waals surface area contributed by atoms with Crippen molar-refractivity contribution < 1.29 is 19.1 Å². The van der Waals surface area contributed by atoms with E-state index in [9.17, 15) is 9.59 Å². The van der Waals surface area contributed by atoms with E-state index in [1.165, 1.54) is 27.1 Å². The van der Waals surface area contributed by atoms with Crippen LogP contribution in [0.4, 0.5) is 17.1 Å². The number of aromatic nitrogens is 1. The van der Waals surface area contributed by atoms with Crippen molar-refractivity contribution in [2.75, 3.05) is 20.0 Å². The number of benzene rings is 1. The molecular weight excluding hydrogens is 408 g/mol. The minimum absolute atomic E-state index is 0.132. The third-order valence-electron chi connectivity index (χ3n) is 5.78. The van der Waals surface area contributed by atoms with Crippen molar-refractivity contribution in [1.82, 2.24) is 4.98 Å². The molecule has 1 saturated carbocycles. The monoisotopic (exact) mass is 434 g/mol. The van der Waals surface area contributed by atoms with Gasteiger partial charge in [-0.2, -0.15) is 0 Å². The second kappa shape index (κ2) is 9.30. The Labute approximate surface area is 186 Å². The van der Waals surface area contributed by atoms with Gasteiger partial charge in [-0.25, -0.2) is 19.6 Å². The molecule has 0 radical (unpaired) electrons. The van der Waals surface area contributed by atoms with Crippen LogP contribution in [0.5, 0.6) is 0 Å². The number of aliphatic imine (C=N–C) groups is 2. The van der Waals surface area contributed by atoms with Gasteiger partial charge in [0.25, 0.3) is 0 Å². The molecule has 1 aromatic heterocycles. The Morgan fingerprint density at radius 1 is 1.03 bits per heavy atom. The molecule has 2 aromatic rings. The van der Waals surface area contributed by atoms with Crippen molar-refractivity contribution in [2.45, 2.75) is 44.9 Å². The molecule has 0 atom stereocenters. The molecule has 1 aromatic carbocycles. The van der Waals surface area contributed by atoms with Gasteiger partial charge in [-0.3, -0.25) is 4.99 Å². The van der Waals surface area contributed by atoms with Crippen LogP contribution in [0, 0.1) is 0 Å². The van der Waals surface area contributed by atoms with Crippen LogP contribution in [-0.4, -0.2) is 42.6 Å². The highest BCUT2D eigenvalue weighted by Crippen LogP contribution is 2.44. The smallest absolute Gasteiger partial charge is 0.356 e.